The standard InChI is InChI=1S/C15H14ClN3O3.C12H9ClN2O2.C3H6ClNO.ClH/c1-8-13(22-15(21)19(2)3)12(14(20)18-8)10-5-4-9(7-17)6-11(10)16;1-6-11(16)10(12(17)15-6)8-3-2-7(5-14)4-9(8)13;1-5(2)3(4)6;/h4-6,8H,1-3H3,(H,18,20);2-4,6,16H,1H3,(H,15,17);1-2H3;1H/p-1. The van der Waals surface area contributed by atoms with Crippen LogP contribution >= 0.6 is 34.8 Å². The lowest BCUT2D eigenvalue weighted by Crippen LogP contribution is -3.00. The van der Waals surface area contributed by atoms with Crippen molar-refractivity contribution in [3.05, 3.63) is 80.2 Å². The van der Waals surface area contributed by atoms with Crippen LogP contribution in [0, 0.1) is 22.7 Å². The van der Waals surface area contributed by atoms with Gasteiger partial charge in [-0.2, -0.15) is 10.5 Å². The maximum Gasteiger partial charge on any atom is 0.414 e. The molecular formula is C30H29Cl4N6O6-. The third kappa shape index (κ3) is 9.77. The summed E-state index contributed by atoms with van der Waals surface area (Å²) in [4.78, 5) is 48.0. The van der Waals surface area contributed by atoms with Crippen molar-refractivity contribution in [2.45, 2.75) is 25.9 Å². The largest absolute Gasteiger partial charge is 1.00 e. The number of nitrogens with zero attached hydrogens (tertiary/aromatic N) is 4. The van der Waals surface area contributed by atoms with E-state index in [1.54, 1.807) is 66.3 Å². The molecule has 2 aromatic carbocycles. The average Bonchev–Trinajstić information content (AvgIpc) is 3.40. The van der Waals surface area contributed by atoms with Gasteiger partial charge in [0.05, 0.1) is 56.5 Å². The summed E-state index contributed by atoms with van der Waals surface area (Å²) in [6.45, 7) is 3.39. The first-order valence-corrected chi connectivity index (χ1v) is 14.1. The Hall–Kier alpha value is -4.46. The second kappa shape index (κ2) is 17.3. The smallest absolute Gasteiger partial charge is 0.414 e. The summed E-state index contributed by atoms with van der Waals surface area (Å²) in [5.41, 5.74) is 2.02. The molecule has 0 aliphatic carbocycles. The van der Waals surface area contributed by atoms with Gasteiger partial charge in [0.1, 0.15) is 11.5 Å². The number of aliphatic hydroxyl groups is 1. The Morgan fingerprint density at radius 1 is 0.826 bits per heavy atom. The normalized spacial score (nSPS) is 16.2. The van der Waals surface area contributed by atoms with Crippen molar-refractivity contribution in [3.8, 4) is 12.1 Å². The fourth-order valence-electron chi connectivity index (χ4n) is 3.75. The molecule has 16 heteroatoms. The lowest BCUT2D eigenvalue weighted by atomic mass is 10.0. The number of halogens is 4. The molecule has 0 aromatic heterocycles. The van der Waals surface area contributed by atoms with Gasteiger partial charge < -0.3 is 42.7 Å². The second-order valence-electron chi connectivity index (χ2n) is 9.91. The maximum absolute atomic E-state index is 12.2. The first kappa shape index (κ1) is 39.6. The monoisotopic (exact) mass is 709 g/mol. The average molecular weight is 711 g/mol. The Kier molecular flexibility index (Phi) is 14.9. The van der Waals surface area contributed by atoms with Crippen LogP contribution in [0.25, 0.3) is 11.1 Å². The molecule has 2 atom stereocenters. The van der Waals surface area contributed by atoms with Gasteiger partial charge in [-0.15, -0.1) is 0 Å². The lowest BCUT2D eigenvalue weighted by molar-refractivity contribution is -0.116. The molecule has 0 radical (unpaired) electrons. The van der Waals surface area contributed by atoms with Gasteiger partial charge in [-0.05, 0) is 49.7 Å². The Balaban J connectivity index is 0.000000392. The highest BCUT2D eigenvalue weighted by molar-refractivity contribution is 6.62. The van der Waals surface area contributed by atoms with Crippen molar-refractivity contribution in [3.63, 3.8) is 0 Å². The number of carbonyl (C=O) groups excluding carboxylic acids is 4. The maximum atomic E-state index is 12.2. The van der Waals surface area contributed by atoms with Crippen LogP contribution in [0.1, 0.15) is 36.1 Å². The molecule has 0 saturated carbocycles. The molecule has 2 heterocycles. The van der Waals surface area contributed by atoms with E-state index in [-0.39, 0.29) is 56.9 Å². The van der Waals surface area contributed by atoms with Gasteiger partial charge in [0.15, 0.2) is 0 Å². The number of rotatable bonds is 3. The Labute approximate surface area is 287 Å². The molecule has 4 amide bonds. The van der Waals surface area contributed by atoms with Gasteiger partial charge in [-0.3, -0.25) is 14.4 Å². The zero-order valence-corrected chi connectivity index (χ0v) is 28.4. The van der Waals surface area contributed by atoms with Crippen molar-refractivity contribution in [1.29, 1.82) is 10.5 Å². The number of benzene rings is 2. The number of hydrogen-bond acceptors (Lipinski definition) is 8. The third-order valence-electron chi connectivity index (χ3n) is 6.10. The third-order valence-corrected chi connectivity index (χ3v) is 7.07. The van der Waals surface area contributed by atoms with Crippen molar-refractivity contribution >= 4 is 69.2 Å². The summed E-state index contributed by atoms with van der Waals surface area (Å²) in [5, 5.41) is 32.7. The fourth-order valence-corrected chi connectivity index (χ4v) is 4.30. The van der Waals surface area contributed by atoms with Gasteiger partial charge >= 0.3 is 11.5 Å². The Bertz CT molecular complexity index is 1680. The molecule has 244 valence electrons. The van der Waals surface area contributed by atoms with Gasteiger partial charge in [-0.1, -0.05) is 35.3 Å². The van der Waals surface area contributed by atoms with Crippen LogP contribution in [-0.4, -0.2) is 78.5 Å². The van der Waals surface area contributed by atoms with E-state index in [1.807, 2.05) is 12.1 Å². The summed E-state index contributed by atoms with van der Waals surface area (Å²) in [6, 6.07) is 12.2. The van der Waals surface area contributed by atoms with Crippen LogP contribution in [0.2, 0.25) is 10.0 Å². The zero-order chi connectivity index (χ0) is 34.2. The topological polar surface area (TPSA) is 176 Å². The van der Waals surface area contributed by atoms with Crippen molar-refractivity contribution in [2.24, 2.45) is 0 Å². The highest BCUT2D eigenvalue weighted by atomic mass is 35.5. The van der Waals surface area contributed by atoms with E-state index in [9.17, 15) is 24.3 Å². The molecule has 4 rings (SSSR count). The van der Waals surface area contributed by atoms with E-state index in [1.165, 1.54) is 21.9 Å². The van der Waals surface area contributed by atoms with E-state index in [0.717, 1.165) is 0 Å². The number of aliphatic hydroxyl groups excluding tert-OH is 1. The minimum Gasteiger partial charge on any atom is -1.00 e. The molecule has 2 unspecified atom stereocenters. The molecule has 2 aliphatic rings. The predicted octanol–water partition coefficient (Wildman–Crippen LogP) is 2.05. The van der Waals surface area contributed by atoms with E-state index in [4.69, 9.17) is 50.1 Å². The number of ether oxygens (including phenoxy) is 1. The second-order valence-corrected chi connectivity index (χ2v) is 11.1. The summed E-state index contributed by atoms with van der Waals surface area (Å²) in [6.07, 6.45) is -0.583. The van der Waals surface area contributed by atoms with E-state index >= 15 is 0 Å². The lowest BCUT2D eigenvalue weighted by Gasteiger charge is -2.15. The van der Waals surface area contributed by atoms with Crippen LogP contribution in [0.4, 0.5) is 9.59 Å². The van der Waals surface area contributed by atoms with Crippen molar-refractivity contribution in [2.75, 3.05) is 28.2 Å². The van der Waals surface area contributed by atoms with Crippen molar-refractivity contribution in [1.82, 2.24) is 20.4 Å². The number of nitriles is 2. The highest BCUT2D eigenvalue weighted by Gasteiger charge is 2.34. The summed E-state index contributed by atoms with van der Waals surface area (Å²) in [7, 11) is 6.28. The molecule has 0 fully saturated rings. The van der Waals surface area contributed by atoms with Crippen LogP contribution in [-0.2, 0) is 14.3 Å². The zero-order valence-electron chi connectivity index (χ0n) is 25.4. The Morgan fingerprint density at radius 3 is 1.59 bits per heavy atom. The van der Waals surface area contributed by atoms with E-state index in [0.29, 0.717) is 22.3 Å². The summed E-state index contributed by atoms with van der Waals surface area (Å²) >= 11 is 17.0. The molecule has 12 nitrogen and oxygen atoms in total. The van der Waals surface area contributed by atoms with Gasteiger partial charge in [0.2, 0.25) is 0 Å². The molecule has 2 aliphatic heterocycles. The number of carbonyl (C=O) groups is 4. The number of amides is 4. The first-order chi connectivity index (χ1) is 21.0. The number of hydrogen-bond donors (Lipinski definition) is 3. The van der Waals surface area contributed by atoms with Crippen LogP contribution in [0.3, 0.4) is 0 Å². The molecule has 46 heavy (non-hydrogen) atoms. The first-order valence-electron chi connectivity index (χ1n) is 13.0. The highest BCUT2D eigenvalue weighted by Crippen LogP contribution is 2.33. The molecular weight excluding hydrogens is 682 g/mol. The predicted molar refractivity (Wildman–Crippen MR) is 169 cm³/mol. The van der Waals surface area contributed by atoms with Crippen LogP contribution in [0.5, 0.6) is 0 Å². The van der Waals surface area contributed by atoms with Gasteiger partial charge in [0.25, 0.3) is 11.8 Å². The van der Waals surface area contributed by atoms with E-state index in [2.05, 4.69) is 10.6 Å². The minimum absolute atomic E-state index is 0. The molecule has 0 saturated heterocycles. The van der Waals surface area contributed by atoms with Gasteiger partial charge in [-0.25, -0.2) is 4.79 Å². The molecule has 0 bridgehead atoms. The van der Waals surface area contributed by atoms with Crippen LogP contribution in [0.15, 0.2) is 47.9 Å². The van der Waals surface area contributed by atoms with Crippen LogP contribution < -0.4 is 23.0 Å². The summed E-state index contributed by atoms with van der Waals surface area (Å²) < 4.78 is 5.29. The Morgan fingerprint density at radius 2 is 1.24 bits per heavy atom. The quantitative estimate of drug-likeness (QED) is 0.320. The summed E-state index contributed by atoms with van der Waals surface area (Å²) in [5.74, 6) is -0.542. The molecule has 0 spiro atoms. The van der Waals surface area contributed by atoms with Crippen molar-refractivity contribution < 1.29 is 41.4 Å². The number of nitrogens with one attached hydrogen (secondary N) is 2. The fraction of sp³-hybridized carbons (Fsp3) is 0.267. The minimum atomic E-state index is -0.583. The molecule has 2 aromatic rings. The SMILES string of the molecule is CC1NC(=O)C(c2ccc(C#N)cc2Cl)=C1O.CC1NC(=O)C(c2ccc(C#N)cc2Cl)=C1OC(=O)N(C)C.CN(C)C(=O)Cl.[Cl-]. The molecule has 3 N–H and O–H groups in total. The van der Waals surface area contributed by atoms with E-state index < -0.39 is 23.5 Å². The van der Waals surface area contributed by atoms with Gasteiger partial charge in [0, 0.05) is 39.3 Å².